The van der Waals surface area contributed by atoms with Gasteiger partial charge in [0.25, 0.3) is 0 Å². The molecule has 0 unspecified atom stereocenters. The highest BCUT2D eigenvalue weighted by Gasteiger charge is 2.09. The topological polar surface area (TPSA) is 99.1 Å². The van der Waals surface area contributed by atoms with Crippen LogP contribution in [-0.4, -0.2) is 23.6 Å². The first kappa shape index (κ1) is 10.4. The van der Waals surface area contributed by atoms with E-state index >= 15 is 0 Å². The van der Waals surface area contributed by atoms with E-state index in [0.29, 0.717) is 18.4 Å². The molecule has 6 nitrogen and oxygen atoms in total. The van der Waals surface area contributed by atoms with Crippen molar-refractivity contribution in [3.05, 3.63) is 0 Å². The Bertz CT molecular complexity index is 315. The number of hydrogen-bond donors (Lipinski definition) is 3. The van der Waals surface area contributed by atoms with Gasteiger partial charge in [0.05, 0.1) is 6.61 Å². The molecule has 78 valence electrons. The molecule has 0 amide bonds. The molecule has 0 bridgehead atoms. The number of hydrogen-bond acceptors (Lipinski definition) is 6. The normalized spacial score (nSPS) is 9.86. The number of aromatic nitrogens is 2. The van der Waals surface area contributed by atoms with Crippen molar-refractivity contribution in [3.63, 3.8) is 0 Å². The van der Waals surface area contributed by atoms with Crippen LogP contribution < -0.4 is 21.5 Å². The molecule has 0 fully saturated rings. The quantitative estimate of drug-likeness (QED) is 0.649. The van der Waals surface area contributed by atoms with Crippen LogP contribution >= 0.6 is 0 Å². The summed E-state index contributed by atoms with van der Waals surface area (Å²) in [7, 11) is 1.70. The molecule has 1 aromatic rings. The maximum atomic E-state index is 5.64. The number of nitrogen functional groups attached to an aromatic ring is 2. The Morgan fingerprint density at radius 3 is 2.64 bits per heavy atom. The predicted octanol–water partition coefficient (Wildman–Crippen LogP) is 0.472. The zero-order valence-corrected chi connectivity index (χ0v) is 8.37. The van der Waals surface area contributed by atoms with Crippen LogP contribution in [0, 0.1) is 0 Å². The molecule has 0 spiro atoms. The number of nitrogens with zero attached hydrogens (tertiary/aromatic N) is 2. The van der Waals surface area contributed by atoms with E-state index < -0.39 is 0 Å². The molecule has 14 heavy (non-hydrogen) atoms. The zero-order chi connectivity index (χ0) is 10.6. The molecule has 0 aliphatic heterocycles. The smallest absolute Gasteiger partial charge is 0.244 e. The highest BCUT2D eigenvalue weighted by molar-refractivity contribution is 5.66. The van der Waals surface area contributed by atoms with Crippen molar-refractivity contribution in [2.24, 2.45) is 0 Å². The minimum absolute atomic E-state index is 0.232. The predicted molar refractivity (Wildman–Crippen MR) is 56.2 cm³/mol. The van der Waals surface area contributed by atoms with Gasteiger partial charge < -0.3 is 21.5 Å². The van der Waals surface area contributed by atoms with Crippen molar-refractivity contribution in [1.29, 1.82) is 0 Å². The molecular formula is C8H15N5O. The summed E-state index contributed by atoms with van der Waals surface area (Å²) in [6.45, 7) is 2.56. The number of ether oxygens (including phenoxy) is 1. The molecule has 0 aromatic carbocycles. The average Bonchev–Trinajstić information content (AvgIpc) is 2.20. The van der Waals surface area contributed by atoms with E-state index in [1.165, 1.54) is 0 Å². The molecule has 0 atom stereocenters. The van der Waals surface area contributed by atoms with Gasteiger partial charge in [-0.1, -0.05) is 6.92 Å². The third-order valence-electron chi connectivity index (χ3n) is 1.61. The van der Waals surface area contributed by atoms with Gasteiger partial charge in [-0.15, -0.1) is 0 Å². The third-order valence-corrected chi connectivity index (χ3v) is 1.61. The van der Waals surface area contributed by atoms with Crippen LogP contribution in [0.5, 0.6) is 5.88 Å². The molecule has 1 heterocycles. The summed E-state index contributed by atoms with van der Waals surface area (Å²) in [4.78, 5) is 7.95. The van der Waals surface area contributed by atoms with Gasteiger partial charge in [-0.25, -0.2) is 0 Å². The Balaban J connectivity index is 2.95. The number of rotatable bonds is 4. The van der Waals surface area contributed by atoms with Gasteiger partial charge in [0, 0.05) is 7.05 Å². The number of anilines is 3. The molecule has 5 N–H and O–H groups in total. The van der Waals surface area contributed by atoms with E-state index in [9.17, 15) is 0 Å². The van der Waals surface area contributed by atoms with E-state index in [-0.39, 0.29) is 11.5 Å². The summed E-state index contributed by atoms with van der Waals surface area (Å²) in [6, 6.07) is 0. The van der Waals surface area contributed by atoms with Crippen LogP contribution in [0.2, 0.25) is 0 Å². The fraction of sp³-hybridized carbons (Fsp3) is 0.500. The van der Waals surface area contributed by atoms with Crippen LogP contribution in [0.15, 0.2) is 0 Å². The molecule has 6 heteroatoms. The van der Waals surface area contributed by atoms with E-state index in [4.69, 9.17) is 16.2 Å². The van der Waals surface area contributed by atoms with Crippen LogP contribution in [0.25, 0.3) is 0 Å². The lowest BCUT2D eigenvalue weighted by molar-refractivity contribution is 0.307. The number of nitrogens with one attached hydrogen (secondary N) is 1. The first-order valence-electron chi connectivity index (χ1n) is 4.42. The summed E-state index contributed by atoms with van der Waals surface area (Å²) in [5, 5.41) is 2.77. The molecule has 0 radical (unpaired) electrons. The second kappa shape index (κ2) is 4.50. The molecular weight excluding hydrogens is 182 g/mol. The van der Waals surface area contributed by atoms with Crippen LogP contribution in [0.3, 0.4) is 0 Å². The van der Waals surface area contributed by atoms with E-state index in [1.54, 1.807) is 7.05 Å². The number of nitrogens with two attached hydrogens (primary N) is 2. The van der Waals surface area contributed by atoms with Crippen molar-refractivity contribution >= 4 is 17.5 Å². The Morgan fingerprint density at radius 1 is 1.36 bits per heavy atom. The largest absolute Gasteiger partial charge is 0.476 e. The van der Waals surface area contributed by atoms with E-state index in [1.807, 2.05) is 6.92 Å². The molecule has 0 aliphatic rings. The van der Waals surface area contributed by atoms with Crippen LogP contribution in [0.4, 0.5) is 17.5 Å². The van der Waals surface area contributed by atoms with Gasteiger partial charge in [0.2, 0.25) is 11.8 Å². The van der Waals surface area contributed by atoms with Gasteiger partial charge in [0.1, 0.15) is 5.69 Å². The van der Waals surface area contributed by atoms with Gasteiger partial charge in [-0.05, 0) is 6.42 Å². The molecule has 0 saturated carbocycles. The summed E-state index contributed by atoms with van der Waals surface area (Å²) in [5.41, 5.74) is 11.5. The van der Waals surface area contributed by atoms with Crippen LogP contribution in [-0.2, 0) is 0 Å². The summed E-state index contributed by atoms with van der Waals surface area (Å²) < 4.78 is 5.31. The van der Waals surface area contributed by atoms with Crippen molar-refractivity contribution < 1.29 is 4.74 Å². The Hall–Kier alpha value is -1.72. The minimum atomic E-state index is 0.232. The summed E-state index contributed by atoms with van der Waals surface area (Å²) in [5.74, 6) is 0.974. The molecule has 1 aromatic heterocycles. The second-order valence-corrected chi connectivity index (χ2v) is 2.75. The first-order chi connectivity index (χ1) is 6.69. The van der Waals surface area contributed by atoms with Crippen molar-refractivity contribution in [2.45, 2.75) is 13.3 Å². The van der Waals surface area contributed by atoms with Crippen LogP contribution in [0.1, 0.15) is 13.3 Å². The monoisotopic (exact) mass is 197 g/mol. The lowest BCUT2D eigenvalue weighted by atomic mass is 10.4. The Labute approximate surface area is 82.7 Å². The highest BCUT2D eigenvalue weighted by Crippen LogP contribution is 2.24. The lowest BCUT2D eigenvalue weighted by Crippen LogP contribution is -2.08. The Kier molecular flexibility index (Phi) is 3.33. The van der Waals surface area contributed by atoms with Gasteiger partial charge in [-0.3, -0.25) is 0 Å². The summed E-state index contributed by atoms with van der Waals surface area (Å²) in [6.07, 6.45) is 0.887. The SMILES string of the molecule is CCCOc1nc(NC)nc(N)c1N. The molecule has 0 aliphatic carbocycles. The second-order valence-electron chi connectivity index (χ2n) is 2.75. The molecule has 1 rings (SSSR count). The minimum Gasteiger partial charge on any atom is -0.476 e. The van der Waals surface area contributed by atoms with Crippen molar-refractivity contribution in [3.8, 4) is 5.88 Å². The lowest BCUT2D eigenvalue weighted by Gasteiger charge is -2.09. The van der Waals surface area contributed by atoms with Crippen molar-refractivity contribution in [1.82, 2.24) is 9.97 Å². The van der Waals surface area contributed by atoms with Gasteiger partial charge in [-0.2, -0.15) is 9.97 Å². The maximum Gasteiger partial charge on any atom is 0.244 e. The zero-order valence-electron chi connectivity index (χ0n) is 8.37. The standard InChI is InChI=1S/C8H15N5O/c1-3-4-14-7-5(9)6(10)12-8(11-2)13-7/h3-4,9H2,1-2H3,(H3,10,11,12,13). The maximum absolute atomic E-state index is 5.64. The highest BCUT2D eigenvalue weighted by atomic mass is 16.5. The van der Waals surface area contributed by atoms with Gasteiger partial charge in [0.15, 0.2) is 5.82 Å². The first-order valence-corrected chi connectivity index (χ1v) is 4.42. The fourth-order valence-electron chi connectivity index (χ4n) is 0.886. The van der Waals surface area contributed by atoms with Crippen molar-refractivity contribution in [2.75, 3.05) is 30.4 Å². The molecule has 0 saturated heterocycles. The summed E-state index contributed by atoms with van der Waals surface area (Å²) >= 11 is 0. The van der Waals surface area contributed by atoms with E-state index in [2.05, 4.69) is 15.3 Å². The third kappa shape index (κ3) is 2.15. The average molecular weight is 197 g/mol. The van der Waals surface area contributed by atoms with E-state index in [0.717, 1.165) is 6.42 Å². The Morgan fingerprint density at radius 2 is 2.07 bits per heavy atom. The van der Waals surface area contributed by atoms with Gasteiger partial charge >= 0.3 is 0 Å². The fourth-order valence-corrected chi connectivity index (χ4v) is 0.886.